The van der Waals surface area contributed by atoms with Gasteiger partial charge in [0, 0.05) is 12.3 Å². The predicted molar refractivity (Wildman–Crippen MR) is 55.4 cm³/mol. The second kappa shape index (κ2) is 4.23. The van der Waals surface area contributed by atoms with Crippen LogP contribution in [0, 0.1) is 0 Å². The molecule has 2 aromatic rings. The summed E-state index contributed by atoms with van der Waals surface area (Å²) >= 11 is 1.78. The number of rotatable bonds is 4. The van der Waals surface area contributed by atoms with Crippen molar-refractivity contribution in [2.24, 2.45) is 0 Å². The minimum Gasteiger partial charge on any atom is -0.368 e. The Morgan fingerprint density at radius 2 is 2.43 bits per heavy atom. The number of nitrogens with zero attached hydrogens (tertiary/aromatic N) is 5. The van der Waals surface area contributed by atoms with E-state index in [0.29, 0.717) is 5.65 Å². The number of thioether (sulfide) groups is 1. The van der Waals surface area contributed by atoms with Crippen molar-refractivity contribution in [1.82, 2.24) is 25.0 Å². The third-order valence-electron chi connectivity index (χ3n) is 1.72. The van der Waals surface area contributed by atoms with Gasteiger partial charge in [-0.05, 0) is 16.7 Å². The lowest BCUT2D eigenvalue weighted by Crippen LogP contribution is -2.08. The number of nitrogens with one attached hydrogen (secondary N) is 1. The van der Waals surface area contributed by atoms with Crippen LogP contribution >= 0.6 is 11.8 Å². The first-order valence-electron chi connectivity index (χ1n) is 4.17. The maximum absolute atomic E-state index is 4.03. The minimum absolute atomic E-state index is 0.652. The van der Waals surface area contributed by atoms with Gasteiger partial charge in [0.25, 0.3) is 0 Å². The number of hydrogen-bond acceptors (Lipinski definition) is 6. The van der Waals surface area contributed by atoms with E-state index in [-0.39, 0.29) is 0 Å². The van der Waals surface area contributed by atoms with E-state index in [9.17, 15) is 0 Å². The van der Waals surface area contributed by atoms with Crippen LogP contribution in [0.5, 0.6) is 0 Å². The Morgan fingerprint density at radius 1 is 1.50 bits per heavy atom. The van der Waals surface area contributed by atoms with Crippen LogP contribution in [0.25, 0.3) is 5.65 Å². The summed E-state index contributed by atoms with van der Waals surface area (Å²) in [6, 6.07) is 0. The fraction of sp³-hybridized carbons (Fsp3) is 0.429. The van der Waals surface area contributed by atoms with Crippen LogP contribution in [0.1, 0.15) is 0 Å². The van der Waals surface area contributed by atoms with Crippen LogP contribution in [-0.4, -0.2) is 43.6 Å². The Kier molecular flexibility index (Phi) is 2.78. The van der Waals surface area contributed by atoms with Crippen molar-refractivity contribution in [3.05, 3.63) is 12.4 Å². The average Bonchev–Trinajstić information content (AvgIpc) is 2.67. The van der Waals surface area contributed by atoms with E-state index < -0.39 is 0 Å². The van der Waals surface area contributed by atoms with Crippen LogP contribution in [-0.2, 0) is 0 Å². The summed E-state index contributed by atoms with van der Waals surface area (Å²) < 4.78 is 1.63. The molecule has 0 saturated carbocycles. The highest BCUT2D eigenvalue weighted by Crippen LogP contribution is 2.05. The first-order valence-corrected chi connectivity index (χ1v) is 5.56. The third kappa shape index (κ3) is 1.77. The summed E-state index contributed by atoms with van der Waals surface area (Å²) in [5.41, 5.74) is 0.652. The predicted octanol–water partition coefficient (Wildman–Crippen LogP) is 0.294. The molecule has 2 rings (SSSR count). The van der Waals surface area contributed by atoms with Gasteiger partial charge in [0.2, 0.25) is 0 Å². The molecule has 0 radical (unpaired) electrons. The van der Waals surface area contributed by atoms with Gasteiger partial charge in [-0.2, -0.15) is 16.3 Å². The van der Waals surface area contributed by atoms with Gasteiger partial charge in [0.15, 0.2) is 5.65 Å². The monoisotopic (exact) mass is 210 g/mol. The molecule has 7 heteroatoms. The molecular weight excluding hydrogens is 200 g/mol. The van der Waals surface area contributed by atoms with Crippen LogP contribution in [0.4, 0.5) is 5.82 Å². The van der Waals surface area contributed by atoms with Crippen molar-refractivity contribution < 1.29 is 0 Å². The summed E-state index contributed by atoms with van der Waals surface area (Å²) in [7, 11) is 0. The normalized spacial score (nSPS) is 10.6. The Labute approximate surface area is 85.1 Å². The largest absolute Gasteiger partial charge is 0.368 e. The lowest BCUT2D eigenvalue weighted by molar-refractivity contribution is 0.821. The number of anilines is 1. The minimum atomic E-state index is 0.652. The van der Waals surface area contributed by atoms with E-state index in [1.807, 2.05) is 0 Å². The fourth-order valence-electron chi connectivity index (χ4n) is 1.08. The molecule has 1 N–H and O–H groups in total. The average molecular weight is 210 g/mol. The molecule has 0 amide bonds. The van der Waals surface area contributed by atoms with Crippen LogP contribution in [0.2, 0.25) is 0 Å². The van der Waals surface area contributed by atoms with Crippen molar-refractivity contribution in [1.29, 1.82) is 0 Å². The summed E-state index contributed by atoms with van der Waals surface area (Å²) in [6.07, 6.45) is 5.40. The van der Waals surface area contributed by atoms with Crippen molar-refractivity contribution in [3.8, 4) is 0 Å². The molecule has 14 heavy (non-hydrogen) atoms. The smallest absolute Gasteiger partial charge is 0.199 e. The molecule has 0 aliphatic carbocycles. The first-order chi connectivity index (χ1) is 6.92. The highest BCUT2D eigenvalue weighted by atomic mass is 32.2. The Hall–Kier alpha value is -1.37. The van der Waals surface area contributed by atoms with E-state index in [0.717, 1.165) is 18.1 Å². The summed E-state index contributed by atoms with van der Waals surface area (Å²) in [5.74, 6) is 1.86. The first kappa shape index (κ1) is 9.20. The molecule has 2 heterocycles. The zero-order chi connectivity index (χ0) is 9.80. The van der Waals surface area contributed by atoms with E-state index in [1.54, 1.807) is 28.7 Å². The summed E-state index contributed by atoms with van der Waals surface area (Å²) in [6.45, 7) is 0.877. The van der Waals surface area contributed by atoms with Crippen LogP contribution in [0.3, 0.4) is 0 Å². The number of tetrazole rings is 1. The van der Waals surface area contributed by atoms with Crippen molar-refractivity contribution in [2.45, 2.75) is 0 Å². The maximum atomic E-state index is 4.03. The third-order valence-corrected chi connectivity index (χ3v) is 2.33. The van der Waals surface area contributed by atoms with Gasteiger partial charge < -0.3 is 5.32 Å². The van der Waals surface area contributed by atoms with Crippen LogP contribution in [0.15, 0.2) is 12.4 Å². The SMILES string of the molecule is CSCCNc1cncc2nnnn12. The van der Waals surface area contributed by atoms with Gasteiger partial charge >= 0.3 is 0 Å². The van der Waals surface area contributed by atoms with Crippen molar-refractivity contribution in [2.75, 3.05) is 23.9 Å². The number of hydrogen-bond donors (Lipinski definition) is 1. The van der Waals surface area contributed by atoms with E-state index in [1.165, 1.54) is 0 Å². The number of fused-ring (bicyclic) bond motifs is 1. The molecule has 0 bridgehead atoms. The topological polar surface area (TPSA) is 68.0 Å². The molecule has 2 aromatic heterocycles. The van der Waals surface area contributed by atoms with Gasteiger partial charge in [-0.15, -0.1) is 5.10 Å². The van der Waals surface area contributed by atoms with Gasteiger partial charge in [0.1, 0.15) is 5.82 Å². The lowest BCUT2D eigenvalue weighted by atomic mass is 10.6. The second-order valence-corrected chi connectivity index (χ2v) is 3.65. The number of aromatic nitrogens is 5. The van der Waals surface area contributed by atoms with Gasteiger partial charge in [0.05, 0.1) is 12.4 Å². The Morgan fingerprint density at radius 3 is 3.29 bits per heavy atom. The molecule has 0 aliphatic heterocycles. The molecule has 0 unspecified atom stereocenters. The Balaban J connectivity index is 2.19. The summed E-state index contributed by atoms with van der Waals surface area (Å²) in [5, 5.41) is 14.4. The highest BCUT2D eigenvalue weighted by molar-refractivity contribution is 7.98. The highest BCUT2D eigenvalue weighted by Gasteiger charge is 2.01. The molecule has 0 atom stereocenters. The molecule has 0 aliphatic rings. The van der Waals surface area contributed by atoms with Crippen molar-refractivity contribution in [3.63, 3.8) is 0 Å². The zero-order valence-electron chi connectivity index (χ0n) is 7.71. The molecule has 0 fully saturated rings. The molecular formula is C7H10N6S. The second-order valence-electron chi connectivity index (χ2n) is 2.66. The standard InChI is InChI=1S/C7H10N6S/c1-14-3-2-9-6-4-8-5-7-10-11-12-13(6)7/h4-5,9H,2-3H2,1H3. The summed E-state index contributed by atoms with van der Waals surface area (Å²) in [4.78, 5) is 4.03. The molecule has 0 spiro atoms. The lowest BCUT2D eigenvalue weighted by Gasteiger charge is -2.04. The Bertz CT molecular complexity index is 413. The molecule has 0 aromatic carbocycles. The van der Waals surface area contributed by atoms with E-state index in [2.05, 4.69) is 32.1 Å². The molecule has 74 valence electrons. The zero-order valence-corrected chi connectivity index (χ0v) is 8.53. The molecule has 0 saturated heterocycles. The van der Waals surface area contributed by atoms with E-state index >= 15 is 0 Å². The van der Waals surface area contributed by atoms with E-state index in [4.69, 9.17) is 0 Å². The fourth-order valence-corrected chi connectivity index (χ4v) is 1.38. The van der Waals surface area contributed by atoms with Crippen LogP contribution < -0.4 is 5.32 Å². The quantitative estimate of drug-likeness (QED) is 0.732. The van der Waals surface area contributed by atoms with Gasteiger partial charge in [-0.1, -0.05) is 0 Å². The maximum Gasteiger partial charge on any atom is 0.199 e. The van der Waals surface area contributed by atoms with Gasteiger partial charge in [-0.3, -0.25) is 4.98 Å². The van der Waals surface area contributed by atoms with Crippen molar-refractivity contribution >= 4 is 23.2 Å². The molecule has 6 nitrogen and oxygen atoms in total. The van der Waals surface area contributed by atoms with Gasteiger partial charge in [-0.25, -0.2) is 0 Å².